The second-order valence-electron chi connectivity index (χ2n) is 3.66. The van der Waals surface area contributed by atoms with E-state index in [2.05, 4.69) is 16.6 Å². The number of nitrogens with zero attached hydrogens (tertiary/aromatic N) is 1. The molecular formula is C9H16N2O2S. The van der Waals surface area contributed by atoms with Gasteiger partial charge >= 0.3 is 0 Å². The van der Waals surface area contributed by atoms with E-state index in [4.69, 9.17) is 0 Å². The van der Waals surface area contributed by atoms with Crippen molar-refractivity contribution in [2.24, 2.45) is 0 Å². The minimum absolute atomic E-state index is 0.154. The molecule has 0 saturated heterocycles. The van der Waals surface area contributed by atoms with Gasteiger partial charge in [-0.15, -0.1) is 0 Å². The van der Waals surface area contributed by atoms with Gasteiger partial charge in [-0.3, -0.25) is 4.90 Å². The second-order valence-corrected chi connectivity index (χ2v) is 5.70. The molecular weight excluding hydrogens is 200 g/mol. The molecule has 0 atom stereocenters. The lowest BCUT2D eigenvalue weighted by Crippen LogP contribution is -2.27. The predicted octanol–water partition coefficient (Wildman–Crippen LogP) is -0.367. The zero-order chi connectivity index (χ0) is 10.6. The van der Waals surface area contributed by atoms with Gasteiger partial charge < -0.3 is 0 Å². The summed E-state index contributed by atoms with van der Waals surface area (Å²) in [5.74, 6) is 5.64. The SMILES string of the molecule is CN(C)CC#CCNS(=O)(=O)C1CC1. The van der Waals surface area contributed by atoms with Crippen LogP contribution in [-0.2, 0) is 10.0 Å². The van der Waals surface area contributed by atoms with Crippen LogP contribution in [-0.4, -0.2) is 45.8 Å². The Morgan fingerprint density at radius 3 is 2.50 bits per heavy atom. The quantitative estimate of drug-likeness (QED) is 0.653. The summed E-state index contributed by atoms with van der Waals surface area (Å²) >= 11 is 0. The average molecular weight is 216 g/mol. The maximum absolute atomic E-state index is 11.3. The van der Waals surface area contributed by atoms with Crippen LogP contribution in [0.4, 0.5) is 0 Å². The highest BCUT2D eigenvalue weighted by Crippen LogP contribution is 2.26. The first-order chi connectivity index (χ1) is 6.52. The summed E-state index contributed by atoms with van der Waals surface area (Å²) in [5, 5.41) is -0.154. The van der Waals surface area contributed by atoms with Crippen LogP contribution in [0.2, 0.25) is 0 Å². The van der Waals surface area contributed by atoms with Crippen molar-refractivity contribution in [2.45, 2.75) is 18.1 Å². The van der Waals surface area contributed by atoms with Gasteiger partial charge in [0.15, 0.2) is 0 Å². The predicted molar refractivity (Wildman–Crippen MR) is 56.3 cm³/mol. The van der Waals surface area contributed by atoms with Crippen LogP contribution >= 0.6 is 0 Å². The lowest BCUT2D eigenvalue weighted by Gasteiger charge is -2.02. The van der Waals surface area contributed by atoms with E-state index in [1.54, 1.807) is 0 Å². The Bertz CT molecular complexity index is 334. The number of sulfonamides is 1. The number of nitrogens with one attached hydrogen (secondary N) is 1. The van der Waals surface area contributed by atoms with Gasteiger partial charge in [0.1, 0.15) is 0 Å². The van der Waals surface area contributed by atoms with Crippen molar-refractivity contribution in [1.29, 1.82) is 0 Å². The van der Waals surface area contributed by atoms with Gasteiger partial charge in [0.2, 0.25) is 10.0 Å². The molecule has 1 fully saturated rings. The van der Waals surface area contributed by atoms with Gasteiger partial charge in [-0.25, -0.2) is 13.1 Å². The Kier molecular flexibility index (Phi) is 3.93. The van der Waals surface area contributed by atoms with E-state index in [1.807, 2.05) is 19.0 Å². The Morgan fingerprint density at radius 2 is 2.00 bits per heavy atom. The lowest BCUT2D eigenvalue weighted by atomic mass is 10.5. The van der Waals surface area contributed by atoms with Crippen LogP contribution in [0.5, 0.6) is 0 Å². The van der Waals surface area contributed by atoms with Gasteiger partial charge in [0, 0.05) is 0 Å². The largest absolute Gasteiger partial charge is 0.299 e. The third-order valence-electron chi connectivity index (χ3n) is 1.85. The highest BCUT2D eigenvalue weighted by molar-refractivity contribution is 7.90. The summed E-state index contributed by atoms with van der Waals surface area (Å²) in [5.41, 5.74) is 0. The molecule has 1 aliphatic carbocycles. The van der Waals surface area contributed by atoms with Gasteiger partial charge in [-0.1, -0.05) is 11.8 Å². The first-order valence-corrected chi connectivity index (χ1v) is 6.16. The van der Waals surface area contributed by atoms with E-state index >= 15 is 0 Å². The number of rotatable bonds is 4. The van der Waals surface area contributed by atoms with E-state index in [-0.39, 0.29) is 11.8 Å². The smallest absolute Gasteiger partial charge is 0.215 e. The van der Waals surface area contributed by atoms with E-state index in [0.29, 0.717) is 6.54 Å². The maximum atomic E-state index is 11.3. The number of hydrogen-bond acceptors (Lipinski definition) is 3. The van der Waals surface area contributed by atoms with Crippen LogP contribution in [0, 0.1) is 11.8 Å². The summed E-state index contributed by atoms with van der Waals surface area (Å²) in [6, 6.07) is 0. The van der Waals surface area contributed by atoms with Crippen LogP contribution in [0.1, 0.15) is 12.8 Å². The van der Waals surface area contributed by atoms with Crippen molar-refractivity contribution in [3.8, 4) is 11.8 Å². The fourth-order valence-corrected chi connectivity index (χ4v) is 2.18. The topological polar surface area (TPSA) is 49.4 Å². The summed E-state index contributed by atoms with van der Waals surface area (Å²) in [6.45, 7) is 0.887. The monoisotopic (exact) mass is 216 g/mol. The van der Waals surface area contributed by atoms with Crippen molar-refractivity contribution in [2.75, 3.05) is 27.2 Å². The van der Waals surface area contributed by atoms with E-state index < -0.39 is 10.0 Å². The summed E-state index contributed by atoms with van der Waals surface area (Å²) in [4.78, 5) is 1.93. The molecule has 0 radical (unpaired) electrons. The summed E-state index contributed by atoms with van der Waals surface area (Å²) in [6.07, 6.45) is 1.58. The zero-order valence-electron chi connectivity index (χ0n) is 8.58. The molecule has 0 unspecified atom stereocenters. The van der Waals surface area contributed by atoms with Crippen molar-refractivity contribution in [1.82, 2.24) is 9.62 Å². The molecule has 0 bridgehead atoms. The molecule has 5 heteroatoms. The third-order valence-corrected chi connectivity index (χ3v) is 3.74. The molecule has 4 nitrogen and oxygen atoms in total. The van der Waals surface area contributed by atoms with Crippen LogP contribution in [0.25, 0.3) is 0 Å². The lowest BCUT2D eigenvalue weighted by molar-refractivity contribution is 0.463. The third kappa shape index (κ3) is 4.09. The molecule has 1 rings (SSSR count). The highest BCUT2D eigenvalue weighted by atomic mass is 32.2. The van der Waals surface area contributed by atoms with Crippen molar-refractivity contribution < 1.29 is 8.42 Å². The Morgan fingerprint density at radius 1 is 1.36 bits per heavy atom. The molecule has 80 valence electrons. The normalized spacial score (nSPS) is 16.5. The van der Waals surface area contributed by atoms with Crippen molar-refractivity contribution >= 4 is 10.0 Å². The molecule has 1 saturated carbocycles. The van der Waals surface area contributed by atoms with Gasteiger partial charge in [-0.05, 0) is 26.9 Å². The van der Waals surface area contributed by atoms with Crippen LogP contribution in [0.15, 0.2) is 0 Å². The minimum atomic E-state index is -3.05. The summed E-state index contributed by atoms with van der Waals surface area (Å²) in [7, 11) is 0.785. The van der Waals surface area contributed by atoms with Gasteiger partial charge in [0.05, 0.1) is 18.3 Å². The summed E-state index contributed by atoms with van der Waals surface area (Å²) < 4.78 is 25.1. The second kappa shape index (κ2) is 4.78. The average Bonchev–Trinajstić information content (AvgIpc) is 2.84. The maximum Gasteiger partial charge on any atom is 0.215 e. The fourth-order valence-electron chi connectivity index (χ4n) is 0.909. The minimum Gasteiger partial charge on any atom is -0.299 e. The molecule has 1 N–H and O–H groups in total. The van der Waals surface area contributed by atoms with Crippen molar-refractivity contribution in [3.05, 3.63) is 0 Å². The Labute approximate surface area is 85.7 Å². The number of hydrogen-bond donors (Lipinski definition) is 1. The van der Waals surface area contributed by atoms with E-state index in [9.17, 15) is 8.42 Å². The van der Waals surface area contributed by atoms with E-state index in [0.717, 1.165) is 12.8 Å². The molecule has 0 amide bonds. The molecule has 1 aliphatic rings. The molecule has 0 aromatic rings. The Balaban J connectivity index is 2.22. The highest BCUT2D eigenvalue weighted by Gasteiger charge is 2.34. The van der Waals surface area contributed by atoms with Gasteiger partial charge in [0.25, 0.3) is 0 Å². The van der Waals surface area contributed by atoms with Gasteiger partial charge in [-0.2, -0.15) is 0 Å². The fraction of sp³-hybridized carbons (Fsp3) is 0.778. The Hall–Kier alpha value is -0.570. The first-order valence-electron chi connectivity index (χ1n) is 4.61. The molecule has 0 aromatic heterocycles. The van der Waals surface area contributed by atoms with Crippen molar-refractivity contribution in [3.63, 3.8) is 0 Å². The zero-order valence-corrected chi connectivity index (χ0v) is 9.39. The van der Waals surface area contributed by atoms with Crippen LogP contribution < -0.4 is 4.72 Å². The first kappa shape index (κ1) is 11.5. The standard InChI is InChI=1S/C9H16N2O2S/c1-11(2)8-4-3-7-10-14(12,13)9-5-6-9/h9-10H,5-8H2,1-2H3. The van der Waals surface area contributed by atoms with E-state index in [1.165, 1.54) is 0 Å². The molecule has 0 aliphatic heterocycles. The molecule has 0 spiro atoms. The van der Waals surface area contributed by atoms with Crippen LogP contribution in [0.3, 0.4) is 0 Å². The molecule has 0 heterocycles. The molecule has 14 heavy (non-hydrogen) atoms. The molecule has 0 aromatic carbocycles.